The summed E-state index contributed by atoms with van der Waals surface area (Å²) >= 11 is 1.72. The zero-order valence-electron chi connectivity index (χ0n) is 10.4. The molecule has 0 atom stereocenters. The lowest BCUT2D eigenvalue weighted by Crippen LogP contribution is -2.29. The van der Waals surface area contributed by atoms with Gasteiger partial charge in [0.25, 0.3) is 5.56 Å². The molecule has 96 valence electrons. The summed E-state index contributed by atoms with van der Waals surface area (Å²) in [5, 5.41) is 11.7. The molecule has 0 aliphatic rings. The Kier molecular flexibility index (Phi) is 4.66. The summed E-state index contributed by atoms with van der Waals surface area (Å²) in [6.45, 7) is 4.18. The van der Waals surface area contributed by atoms with Crippen LogP contribution in [0.15, 0.2) is 33.9 Å². The minimum Gasteiger partial charge on any atom is -0.315 e. The van der Waals surface area contributed by atoms with Gasteiger partial charge in [-0.25, -0.2) is 4.68 Å². The number of thiophene rings is 1. The molecule has 2 rings (SSSR count). The Morgan fingerprint density at radius 2 is 2.33 bits per heavy atom. The highest BCUT2D eigenvalue weighted by Gasteiger charge is 1.97. The highest BCUT2D eigenvalue weighted by molar-refractivity contribution is 7.07. The SMILES string of the molecule is Cc1cnn(CCNCCc2ccsc2)c(=O)c1. The summed E-state index contributed by atoms with van der Waals surface area (Å²) in [6, 6.07) is 3.75. The lowest BCUT2D eigenvalue weighted by atomic mass is 10.2. The minimum atomic E-state index is -0.0327. The first-order chi connectivity index (χ1) is 8.75. The van der Waals surface area contributed by atoms with Gasteiger partial charge in [0.1, 0.15) is 0 Å². The van der Waals surface area contributed by atoms with Gasteiger partial charge in [0.05, 0.1) is 12.7 Å². The van der Waals surface area contributed by atoms with Crippen LogP contribution >= 0.6 is 11.3 Å². The molecule has 0 radical (unpaired) electrons. The number of aryl methyl sites for hydroxylation is 1. The maximum atomic E-state index is 11.6. The minimum absolute atomic E-state index is 0.0327. The lowest BCUT2D eigenvalue weighted by Gasteiger charge is -2.06. The maximum absolute atomic E-state index is 11.6. The van der Waals surface area contributed by atoms with Gasteiger partial charge in [0, 0.05) is 12.6 Å². The van der Waals surface area contributed by atoms with E-state index in [4.69, 9.17) is 0 Å². The van der Waals surface area contributed by atoms with Gasteiger partial charge >= 0.3 is 0 Å². The summed E-state index contributed by atoms with van der Waals surface area (Å²) in [6.07, 6.45) is 2.74. The molecule has 2 aromatic rings. The van der Waals surface area contributed by atoms with E-state index in [-0.39, 0.29) is 5.56 Å². The molecule has 0 spiro atoms. The van der Waals surface area contributed by atoms with Crippen LogP contribution in [0.1, 0.15) is 11.1 Å². The van der Waals surface area contributed by atoms with Gasteiger partial charge in [0.15, 0.2) is 0 Å². The van der Waals surface area contributed by atoms with Crippen molar-refractivity contribution in [2.24, 2.45) is 0 Å². The third-order valence-electron chi connectivity index (χ3n) is 2.68. The van der Waals surface area contributed by atoms with Gasteiger partial charge in [0.2, 0.25) is 0 Å². The fraction of sp³-hybridized carbons (Fsp3) is 0.385. The van der Waals surface area contributed by atoms with Crippen molar-refractivity contribution in [1.82, 2.24) is 15.1 Å². The van der Waals surface area contributed by atoms with Crippen LogP contribution in [0.3, 0.4) is 0 Å². The van der Waals surface area contributed by atoms with Crippen LogP contribution in [0.2, 0.25) is 0 Å². The molecule has 0 unspecified atom stereocenters. The van der Waals surface area contributed by atoms with E-state index >= 15 is 0 Å². The van der Waals surface area contributed by atoms with Crippen LogP contribution in [-0.2, 0) is 13.0 Å². The molecule has 0 saturated heterocycles. The first kappa shape index (κ1) is 13.0. The molecule has 0 bridgehead atoms. The highest BCUT2D eigenvalue weighted by atomic mass is 32.1. The Balaban J connectivity index is 1.70. The predicted molar refractivity (Wildman–Crippen MR) is 74.1 cm³/mol. The van der Waals surface area contributed by atoms with Crippen LogP contribution < -0.4 is 10.9 Å². The monoisotopic (exact) mass is 263 g/mol. The number of hydrogen-bond acceptors (Lipinski definition) is 4. The third-order valence-corrected chi connectivity index (χ3v) is 3.41. The second-order valence-electron chi connectivity index (χ2n) is 4.23. The van der Waals surface area contributed by atoms with Crippen LogP contribution in [0.4, 0.5) is 0 Å². The van der Waals surface area contributed by atoms with E-state index in [1.165, 1.54) is 10.2 Å². The average molecular weight is 263 g/mol. The van der Waals surface area contributed by atoms with E-state index < -0.39 is 0 Å². The molecule has 0 saturated carbocycles. The second kappa shape index (κ2) is 6.47. The largest absolute Gasteiger partial charge is 0.315 e. The Morgan fingerprint density at radius 1 is 1.44 bits per heavy atom. The van der Waals surface area contributed by atoms with E-state index in [1.54, 1.807) is 23.6 Å². The van der Waals surface area contributed by atoms with E-state index in [2.05, 4.69) is 27.2 Å². The van der Waals surface area contributed by atoms with Gasteiger partial charge in [-0.3, -0.25) is 4.79 Å². The zero-order valence-corrected chi connectivity index (χ0v) is 11.2. The lowest BCUT2D eigenvalue weighted by molar-refractivity contribution is 0.532. The first-order valence-electron chi connectivity index (χ1n) is 6.01. The fourth-order valence-electron chi connectivity index (χ4n) is 1.67. The molecule has 0 fully saturated rings. The quantitative estimate of drug-likeness (QED) is 0.802. The highest BCUT2D eigenvalue weighted by Crippen LogP contribution is 2.05. The second-order valence-corrected chi connectivity index (χ2v) is 5.01. The summed E-state index contributed by atoms with van der Waals surface area (Å²) in [7, 11) is 0. The average Bonchev–Trinajstić information content (AvgIpc) is 2.84. The Hall–Kier alpha value is -1.46. The molecule has 0 aromatic carbocycles. The van der Waals surface area contributed by atoms with Crippen LogP contribution in [0.5, 0.6) is 0 Å². The summed E-state index contributed by atoms with van der Waals surface area (Å²) in [5.41, 5.74) is 2.23. The summed E-state index contributed by atoms with van der Waals surface area (Å²) < 4.78 is 1.49. The molecule has 0 aliphatic heterocycles. The van der Waals surface area contributed by atoms with Crippen molar-refractivity contribution in [2.45, 2.75) is 19.9 Å². The first-order valence-corrected chi connectivity index (χ1v) is 6.95. The fourth-order valence-corrected chi connectivity index (χ4v) is 2.37. The van der Waals surface area contributed by atoms with E-state index in [9.17, 15) is 4.79 Å². The van der Waals surface area contributed by atoms with Crippen molar-refractivity contribution in [3.63, 3.8) is 0 Å². The third kappa shape index (κ3) is 3.78. The molecular weight excluding hydrogens is 246 g/mol. The number of nitrogens with zero attached hydrogens (tertiary/aromatic N) is 2. The van der Waals surface area contributed by atoms with Crippen molar-refractivity contribution in [2.75, 3.05) is 13.1 Å². The smallest absolute Gasteiger partial charge is 0.267 e. The zero-order chi connectivity index (χ0) is 12.8. The number of rotatable bonds is 6. The number of hydrogen-bond donors (Lipinski definition) is 1. The molecular formula is C13H17N3OS. The molecule has 4 nitrogen and oxygen atoms in total. The maximum Gasteiger partial charge on any atom is 0.267 e. The van der Waals surface area contributed by atoms with Crippen molar-refractivity contribution >= 4 is 11.3 Å². The molecule has 1 N–H and O–H groups in total. The Morgan fingerprint density at radius 3 is 3.06 bits per heavy atom. The normalized spacial score (nSPS) is 10.7. The van der Waals surface area contributed by atoms with Gasteiger partial charge in [-0.2, -0.15) is 16.4 Å². The molecule has 0 amide bonds. The van der Waals surface area contributed by atoms with Crippen molar-refractivity contribution in [3.8, 4) is 0 Å². The van der Waals surface area contributed by atoms with Gasteiger partial charge in [-0.05, 0) is 47.8 Å². The molecule has 18 heavy (non-hydrogen) atoms. The van der Waals surface area contributed by atoms with Crippen molar-refractivity contribution in [1.29, 1.82) is 0 Å². The van der Waals surface area contributed by atoms with Crippen molar-refractivity contribution < 1.29 is 0 Å². The van der Waals surface area contributed by atoms with E-state index in [0.29, 0.717) is 6.54 Å². The van der Waals surface area contributed by atoms with Crippen LogP contribution in [0.25, 0.3) is 0 Å². The number of nitrogens with one attached hydrogen (secondary N) is 1. The van der Waals surface area contributed by atoms with Gasteiger partial charge in [-0.15, -0.1) is 0 Å². The molecule has 5 heteroatoms. The molecule has 2 heterocycles. The van der Waals surface area contributed by atoms with Crippen LogP contribution in [-0.4, -0.2) is 22.9 Å². The van der Waals surface area contributed by atoms with Crippen LogP contribution in [0, 0.1) is 6.92 Å². The van der Waals surface area contributed by atoms with Crippen molar-refractivity contribution in [3.05, 3.63) is 50.6 Å². The predicted octanol–water partition coefficient (Wildman–Crippen LogP) is 1.45. The Bertz CT molecular complexity index is 533. The van der Waals surface area contributed by atoms with Gasteiger partial charge < -0.3 is 5.32 Å². The standard InChI is InChI=1S/C13H17N3OS/c1-11-8-13(17)16(15-9-11)6-5-14-4-2-12-3-7-18-10-12/h3,7-10,14H,2,4-6H2,1H3. The Labute approximate surface area is 110 Å². The topological polar surface area (TPSA) is 46.9 Å². The van der Waals surface area contributed by atoms with E-state index in [0.717, 1.165) is 25.1 Å². The molecule has 0 aliphatic carbocycles. The summed E-state index contributed by atoms with van der Waals surface area (Å²) in [4.78, 5) is 11.6. The van der Waals surface area contributed by atoms with Gasteiger partial charge in [-0.1, -0.05) is 0 Å². The summed E-state index contributed by atoms with van der Waals surface area (Å²) in [5.74, 6) is 0. The van der Waals surface area contributed by atoms with E-state index in [1.807, 2.05) is 6.92 Å². The molecule has 2 aromatic heterocycles. The number of aromatic nitrogens is 2.